The van der Waals surface area contributed by atoms with Crippen molar-refractivity contribution in [2.45, 2.75) is 38.8 Å². The topological polar surface area (TPSA) is 172 Å². The summed E-state index contributed by atoms with van der Waals surface area (Å²) in [5, 5.41) is 17.5. The van der Waals surface area contributed by atoms with Gasteiger partial charge in [-0.05, 0) is 30.2 Å². The van der Waals surface area contributed by atoms with E-state index in [1.54, 1.807) is 18.2 Å². The van der Waals surface area contributed by atoms with E-state index in [0.717, 1.165) is 19.3 Å². The van der Waals surface area contributed by atoms with E-state index in [1.807, 2.05) is 0 Å². The van der Waals surface area contributed by atoms with Crippen molar-refractivity contribution in [2.75, 3.05) is 39.5 Å². The number of rotatable bonds is 18. The van der Waals surface area contributed by atoms with Crippen LogP contribution in [0, 0.1) is 0 Å². The van der Waals surface area contributed by atoms with Crippen molar-refractivity contribution in [1.82, 2.24) is 10.6 Å². The molecule has 12 nitrogen and oxygen atoms in total. The number of unbranched alkanes of at least 4 members (excludes halogenated alkanes) is 2. The minimum Gasteiger partial charge on any atom is -0.491 e. The molecule has 1 aromatic carbocycles. The van der Waals surface area contributed by atoms with Crippen LogP contribution in [0.3, 0.4) is 0 Å². The minimum absolute atomic E-state index is 0.0118. The van der Waals surface area contributed by atoms with Crippen molar-refractivity contribution in [2.24, 2.45) is 5.11 Å². The normalized spacial score (nSPS) is 11.2. The molecule has 1 aromatic rings. The lowest BCUT2D eigenvalue weighted by Gasteiger charge is -2.14. The van der Waals surface area contributed by atoms with Gasteiger partial charge in [0.25, 0.3) is 5.91 Å². The molecule has 0 fully saturated rings. The van der Waals surface area contributed by atoms with E-state index >= 15 is 0 Å². The molecule has 0 saturated carbocycles. The summed E-state index contributed by atoms with van der Waals surface area (Å²) < 4.78 is 15.7. The van der Waals surface area contributed by atoms with E-state index in [2.05, 4.69) is 27.6 Å². The van der Waals surface area contributed by atoms with Crippen molar-refractivity contribution in [1.29, 1.82) is 0 Å². The first-order chi connectivity index (χ1) is 16.0. The van der Waals surface area contributed by atoms with Gasteiger partial charge in [0, 0.05) is 30.0 Å². The lowest BCUT2D eigenvalue weighted by molar-refractivity contribution is -0.143. The average molecular weight is 466 g/mol. The number of hydrogen-bond donors (Lipinski definition) is 3. The van der Waals surface area contributed by atoms with E-state index in [0.29, 0.717) is 30.8 Å². The lowest BCUT2D eigenvalue weighted by atomic mass is 10.2. The fraction of sp³-hybridized carbons (Fsp3) is 0.571. The Bertz CT molecular complexity index is 799. The molecule has 1 atom stereocenters. The van der Waals surface area contributed by atoms with Gasteiger partial charge in [-0.2, -0.15) is 0 Å². The first-order valence-electron chi connectivity index (χ1n) is 10.7. The number of amides is 2. The minimum atomic E-state index is -1.10. The van der Waals surface area contributed by atoms with E-state index < -0.39 is 18.8 Å². The van der Waals surface area contributed by atoms with E-state index in [4.69, 9.17) is 24.8 Å². The van der Waals surface area contributed by atoms with Gasteiger partial charge in [0.15, 0.2) is 6.23 Å². The predicted octanol–water partition coefficient (Wildman–Crippen LogP) is 2.25. The number of azide groups is 1. The van der Waals surface area contributed by atoms with Crippen molar-refractivity contribution >= 4 is 17.8 Å². The second kappa shape index (κ2) is 17.2. The molecule has 0 aliphatic carbocycles. The molecule has 1 rings (SSSR count). The summed E-state index contributed by atoms with van der Waals surface area (Å²) in [7, 11) is 0. The fourth-order valence-electron chi connectivity index (χ4n) is 2.57. The summed E-state index contributed by atoms with van der Waals surface area (Å²) in [6.07, 6.45) is 2.44. The predicted molar refractivity (Wildman–Crippen MR) is 119 cm³/mol. The zero-order chi connectivity index (χ0) is 24.3. The van der Waals surface area contributed by atoms with E-state index in [9.17, 15) is 14.4 Å². The highest BCUT2D eigenvalue weighted by Crippen LogP contribution is 2.14. The maximum absolute atomic E-state index is 12.3. The second-order valence-electron chi connectivity index (χ2n) is 6.88. The van der Waals surface area contributed by atoms with Gasteiger partial charge in [-0.15, -0.1) is 0 Å². The third kappa shape index (κ3) is 13.6. The highest BCUT2D eigenvalue weighted by Gasteiger charge is 2.11. The Morgan fingerprint density at radius 2 is 1.97 bits per heavy atom. The van der Waals surface area contributed by atoms with Crippen LogP contribution in [0.25, 0.3) is 10.4 Å². The van der Waals surface area contributed by atoms with Gasteiger partial charge in [-0.25, -0.2) is 4.79 Å². The number of carboxylic acids is 1. The molecule has 33 heavy (non-hydrogen) atoms. The molecule has 12 heteroatoms. The molecule has 182 valence electrons. The van der Waals surface area contributed by atoms with Crippen molar-refractivity contribution < 1.29 is 33.7 Å². The summed E-state index contributed by atoms with van der Waals surface area (Å²) in [5.41, 5.74) is 9.02. The highest BCUT2D eigenvalue weighted by atomic mass is 16.6. The van der Waals surface area contributed by atoms with Crippen LogP contribution in [-0.4, -0.2) is 68.6 Å². The van der Waals surface area contributed by atoms with Crippen molar-refractivity contribution in [3.8, 4) is 5.75 Å². The molecule has 3 N–H and O–H groups in total. The Morgan fingerprint density at radius 3 is 2.70 bits per heavy atom. The average Bonchev–Trinajstić information content (AvgIpc) is 2.80. The largest absolute Gasteiger partial charge is 0.491 e. The van der Waals surface area contributed by atoms with Crippen molar-refractivity contribution in [3.63, 3.8) is 0 Å². The molecule has 1 unspecified atom stereocenters. The number of benzene rings is 1. The first-order valence-corrected chi connectivity index (χ1v) is 10.7. The zero-order valence-electron chi connectivity index (χ0n) is 18.7. The molecular weight excluding hydrogens is 434 g/mol. The molecule has 0 spiro atoms. The SMILES string of the molecule is CCCCCC(=O)NCCNC(=O)c1cccc(OCC(N=[N+]=[N-])OCCOCC(=O)O)c1. The molecular formula is C21H31N5O7. The van der Waals surface area contributed by atoms with Crippen LogP contribution >= 0.6 is 0 Å². The standard InChI is InChI=1S/C21H31N5O7/c1-2-3-4-8-18(27)23-9-10-24-21(30)16-6-5-7-17(13-16)33-14-19(25-26-22)32-12-11-31-15-20(28)29/h5-7,13,19H,2-4,8-12,14-15H2,1H3,(H,23,27)(H,24,30)(H,28,29). The number of carbonyl (C=O) groups is 3. The number of hydrogen-bond acceptors (Lipinski definition) is 7. The van der Waals surface area contributed by atoms with Gasteiger partial charge in [0.2, 0.25) is 5.91 Å². The zero-order valence-corrected chi connectivity index (χ0v) is 18.7. The molecule has 0 heterocycles. The molecule has 0 aliphatic rings. The fourth-order valence-corrected chi connectivity index (χ4v) is 2.57. The summed E-state index contributed by atoms with van der Waals surface area (Å²) in [4.78, 5) is 37.1. The highest BCUT2D eigenvalue weighted by molar-refractivity contribution is 5.94. The van der Waals surface area contributed by atoms with Crippen LogP contribution in [0.15, 0.2) is 29.4 Å². The molecule has 0 aliphatic heterocycles. The molecule has 2 amide bonds. The second-order valence-corrected chi connectivity index (χ2v) is 6.88. The van der Waals surface area contributed by atoms with E-state index in [1.165, 1.54) is 6.07 Å². The van der Waals surface area contributed by atoms with Crippen LogP contribution < -0.4 is 15.4 Å². The first kappa shape index (κ1) is 27.7. The molecule has 0 saturated heterocycles. The van der Waals surface area contributed by atoms with Gasteiger partial charge >= 0.3 is 5.97 Å². The molecule has 0 aromatic heterocycles. The van der Waals surface area contributed by atoms with Crippen LogP contribution in [0.1, 0.15) is 43.0 Å². The van der Waals surface area contributed by atoms with Gasteiger partial charge in [0.05, 0.1) is 13.2 Å². The maximum Gasteiger partial charge on any atom is 0.329 e. The monoisotopic (exact) mass is 465 g/mol. The van der Waals surface area contributed by atoms with E-state index in [-0.39, 0.29) is 31.6 Å². The maximum atomic E-state index is 12.3. The Kier molecular flexibility index (Phi) is 14.5. The number of nitrogens with zero attached hydrogens (tertiary/aromatic N) is 3. The van der Waals surface area contributed by atoms with Gasteiger partial charge in [-0.3, -0.25) is 9.59 Å². The Hall–Kier alpha value is -3.34. The van der Waals surface area contributed by atoms with Crippen LogP contribution in [0.5, 0.6) is 5.75 Å². The number of carboxylic acid groups (broad SMARTS) is 1. The van der Waals surface area contributed by atoms with Gasteiger partial charge in [0.1, 0.15) is 19.0 Å². The number of nitrogens with one attached hydrogen (secondary N) is 2. The lowest BCUT2D eigenvalue weighted by Crippen LogP contribution is -2.34. The summed E-state index contributed by atoms with van der Waals surface area (Å²) in [5.74, 6) is -1.07. The molecule has 0 bridgehead atoms. The van der Waals surface area contributed by atoms with Crippen LogP contribution in [0.2, 0.25) is 0 Å². The summed E-state index contributed by atoms with van der Waals surface area (Å²) in [6, 6.07) is 6.42. The third-order valence-corrected chi connectivity index (χ3v) is 4.17. The Labute approximate surface area is 192 Å². The Morgan fingerprint density at radius 1 is 1.18 bits per heavy atom. The number of ether oxygens (including phenoxy) is 3. The van der Waals surface area contributed by atoms with Crippen LogP contribution in [0.4, 0.5) is 0 Å². The Balaban J connectivity index is 2.40. The van der Waals surface area contributed by atoms with Gasteiger partial charge < -0.3 is 30.0 Å². The number of carbonyl (C=O) groups excluding carboxylic acids is 2. The number of aliphatic carboxylic acids is 1. The van der Waals surface area contributed by atoms with Crippen LogP contribution in [-0.2, 0) is 19.1 Å². The summed E-state index contributed by atoms with van der Waals surface area (Å²) >= 11 is 0. The smallest absolute Gasteiger partial charge is 0.329 e. The summed E-state index contributed by atoms with van der Waals surface area (Å²) in [6.45, 7) is 2.16. The quantitative estimate of drug-likeness (QED) is 0.129. The van der Waals surface area contributed by atoms with Gasteiger partial charge in [-0.1, -0.05) is 30.9 Å². The molecule has 0 radical (unpaired) electrons. The third-order valence-electron chi connectivity index (χ3n) is 4.17. The van der Waals surface area contributed by atoms with Crippen molar-refractivity contribution in [3.05, 3.63) is 40.3 Å².